The van der Waals surface area contributed by atoms with Gasteiger partial charge in [0.25, 0.3) is 0 Å². The minimum atomic E-state index is 0.435. The van der Waals surface area contributed by atoms with Crippen LogP contribution in [-0.4, -0.2) is 16.0 Å². The number of fused-ring (bicyclic) bond motifs is 1. The number of benzene rings is 1. The molecule has 2 aromatic rings. The van der Waals surface area contributed by atoms with E-state index < -0.39 is 0 Å². The van der Waals surface area contributed by atoms with E-state index in [2.05, 4.69) is 39.8 Å². The lowest BCUT2D eigenvalue weighted by Crippen LogP contribution is -2.24. The summed E-state index contributed by atoms with van der Waals surface area (Å²) >= 11 is 1.95. The first-order valence-corrected chi connectivity index (χ1v) is 7.14. The Bertz CT molecular complexity index is 515. The largest absolute Gasteiger partial charge is 0.304 e. The van der Waals surface area contributed by atoms with Crippen molar-refractivity contribution in [1.82, 2.24) is 15.5 Å². The molecule has 18 heavy (non-hydrogen) atoms. The molecule has 0 aliphatic carbocycles. The first-order valence-electron chi connectivity index (χ1n) is 6.15. The van der Waals surface area contributed by atoms with E-state index in [1.807, 2.05) is 23.9 Å². The van der Waals surface area contributed by atoms with Crippen molar-refractivity contribution in [3.63, 3.8) is 0 Å². The fourth-order valence-electron chi connectivity index (χ4n) is 2.21. The van der Waals surface area contributed by atoms with Gasteiger partial charge in [0, 0.05) is 23.7 Å². The van der Waals surface area contributed by atoms with E-state index >= 15 is 0 Å². The molecule has 1 unspecified atom stereocenters. The van der Waals surface area contributed by atoms with Crippen LogP contribution in [0.3, 0.4) is 0 Å². The average molecular weight is 257 g/mol. The predicted molar refractivity (Wildman–Crippen MR) is 73.4 cm³/mol. The van der Waals surface area contributed by atoms with Crippen molar-refractivity contribution in [3.05, 3.63) is 53.9 Å². The lowest BCUT2D eigenvalue weighted by atomic mass is 10.0. The Morgan fingerprint density at radius 2 is 2.17 bits per heavy atom. The maximum atomic E-state index is 4.10. The maximum absolute atomic E-state index is 4.10. The lowest BCUT2D eigenvalue weighted by molar-refractivity contribution is 0.503. The van der Waals surface area contributed by atoms with Gasteiger partial charge in [0.1, 0.15) is 0 Å². The molecule has 1 N–H and O–H groups in total. The summed E-state index contributed by atoms with van der Waals surface area (Å²) in [4.78, 5) is 1.40. The van der Waals surface area contributed by atoms with Gasteiger partial charge in [-0.15, -0.1) is 11.8 Å². The van der Waals surface area contributed by atoms with Crippen molar-refractivity contribution >= 4 is 11.8 Å². The minimum absolute atomic E-state index is 0.435. The first kappa shape index (κ1) is 11.7. The van der Waals surface area contributed by atoms with Crippen LogP contribution in [0.25, 0.3) is 0 Å². The van der Waals surface area contributed by atoms with E-state index in [1.54, 1.807) is 6.20 Å². The molecule has 1 aliphatic rings. The summed E-state index contributed by atoms with van der Waals surface area (Å²) in [5, 5.41) is 11.6. The number of nitrogens with one attached hydrogen (secondary N) is 1. The van der Waals surface area contributed by atoms with Crippen LogP contribution in [0.1, 0.15) is 23.7 Å². The molecule has 1 aromatic carbocycles. The minimum Gasteiger partial charge on any atom is -0.304 e. The highest BCUT2D eigenvalue weighted by Crippen LogP contribution is 2.35. The molecule has 2 heterocycles. The third kappa shape index (κ3) is 2.54. The first-order chi connectivity index (χ1) is 8.93. The van der Waals surface area contributed by atoms with Gasteiger partial charge in [-0.3, -0.25) is 0 Å². The van der Waals surface area contributed by atoms with Crippen molar-refractivity contribution in [2.24, 2.45) is 0 Å². The topological polar surface area (TPSA) is 37.8 Å². The highest BCUT2D eigenvalue weighted by atomic mass is 32.2. The molecule has 92 valence electrons. The second-order valence-corrected chi connectivity index (χ2v) is 5.46. The average Bonchev–Trinajstić information content (AvgIpc) is 2.46. The third-order valence-electron chi connectivity index (χ3n) is 3.12. The fraction of sp³-hybridized carbons (Fsp3) is 0.286. The number of aromatic nitrogens is 2. The normalized spacial score (nSPS) is 18.3. The van der Waals surface area contributed by atoms with Crippen molar-refractivity contribution in [3.8, 4) is 0 Å². The molecule has 0 spiro atoms. The molecule has 3 nitrogen and oxygen atoms in total. The molecule has 1 aromatic heterocycles. The predicted octanol–water partition coefficient (Wildman–Crippen LogP) is 2.80. The van der Waals surface area contributed by atoms with Crippen LogP contribution in [0, 0.1) is 0 Å². The summed E-state index contributed by atoms with van der Waals surface area (Å²) in [7, 11) is 0. The van der Waals surface area contributed by atoms with Gasteiger partial charge in [-0.25, -0.2) is 0 Å². The van der Waals surface area contributed by atoms with Crippen LogP contribution in [0.5, 0.6) is 0 Å². The van der Waals surface area contributed by atoms with Gasteiger partial charge in [0.15, 0.2) is 0 Å². The SMILES string of the molecule is c1cnnc(CNC2CCSc3ccccc32)c1. The number of thioether (sulfide) groups is 1. The van der Waals surface area contributed by atoms with Gasteiger partial charge in [-0.05, 0) is 35.9 Å². The van der Waals surface area contributed by atoms with Crippen LogP contribution in [0.4, 0.5) is 0 Å². The molecular weight excluding hydrogens is 242 g/mol. The van der Waals surface area contributed by atoms with Crippen molar-refractivity contribution in [1.29, 1.82) is 0 Å². The molecule has 0 amide bonds. The lowest BCUT2D eigenvalue weighted by Gasteiger charge is -2.25. The molecule has 0 saturated heterocycles. The van der Waals surface area contributed by atoms with E-state index in [-0.39, 0.29) is 0 Å². The van der Waals surface area contributed by atoms with Gasteiger partial charge >= 0.3 is 0 Å². The molecule has 0 radical (unpaired) electrons. The zero-order valence-electron chi connectivity index (χ0n) is 10.0. The van der Waals surface area contributed by atoms with Gasteiger partial charge in [0.2, 0.25) is 0 Å². The van der Waals surface area contributed by atoms with Crippen LogP contribution >= 0.6 is 11.8 Å². The van der Waals surface area contributed by atoms with E-state index in [0.29, 0.717) is 6.04 Å². The number of hydrogen-bond acceptors (Lipinski definition) is 4. The Labute approximate surface area is 111 Å². The zero-order valence-corrected chi connectivity index (χ0v) is 10.9. The Kier molecular flexibility index (Phi) is 3.57. The van der Waals surface area contributed by atoms with Crippen LogP contribution < -0.4 is 5.32 Å². The number of nitrogens with zero attached hydrogens (tertiary/aromatic N) is 2. The number of rotatable bonds is 3. The monoisotopic (exact) mass is 257 g/mol. The summed E-state index contributed by atoms with van der Waals surface area (Å²) in [6.45, 7) is 0.775. The molecule has 1 aliphatic heterocycles. The molecule has 1 atom stereocenters. The van der Waals surface area contributed by atoms with E-state index in [1.165, 1.54) is 22.6 Å². The third-order valence-corrected chi connectivity index (χ3v) is 4.24. The van der Waals surface area contributed by atoms with E-state index in [0.717, 1.165) is 12.2 Å². The van der Waals surface area contributed by atoms with Crippen LogP contribution in [-0.2, 0) is 6.54 Å². The van der Waals surface area contributed by atoms with Crippen LogP contribution in [0.2, 0.25) is 0 Å². The van der Waals surface area contributed by atoms with Crippen molar-refractivity contribution in [2.75, 3.05) is 5.75 Å². The Morgan fingerprint density at radius 3 is 3.06 bits per heavy atom. The molecule has 0 saturated carbocycles. The van der Waals surface area contributed by atoms with Gasteiger partial charge in [-0.1, -0.05) is 18.2 Å². The van der Waals surface area contributed by atoms with Gasteiger partial charge < -0.3 is 5.32 Å². The van der Waals surface area contributed by atoms with E-state index in [9.17, 15) is 0 Å². The molecule has 3 rings (SSSR count). The quantitative estimate of drug-likeness (QED) is 0.917. The van der Waals surface area contributed by atoms with Crippen molar-refractivity contribution < 1.29 is 0 Å². The Balaban J connectivity index is 1.71. The van der Waals surface area contributed by atoms with Crippen molar-refractivity contribution in [2.45, 2.75) is 23.9 Å². The summed E-state index contributed by atoms with van der Waals surface area (Å²) in [5.41, 5.74) is 2.41. The fourth-order valence-corrected chi connectivity index (χ4v) is 3.33. The Morgan fingerprint density at radius 1 is 1.22 bits per heavy atom. The summed E-state index contributed by atoms with van der Waals surface area (Å²) < 4.78 is 0. The molecule has 4 heteroatoms. The standard InChI is InChI=1S/C14H15N3S/c1-2-6-14-12(5-1)13(7-9-18-14)15-10-11-4-3-8-16-17-11/h1-6,8,13,15H,7,9-10H2. The van der Waals surface area contributed by atoms with E-state index in [4.69, 9.17) is 0 Å². The molecule has 0 fully saturated rings. The zero-order chi connectivity index (χ0) is 12.2. The smallest absolute Gasteiger partial charge is 0.0769 e. The Hall–Kier alpha value is -1.39. The number of hydrogen-bond donors (Lipinski definition) is 1. The second kappa shape index (κ2) is 5.50. The molecule has 0 bridgehead atoms. The van der Waals surface area contributed by atoms with Crippen LogP contribution in [0.15, 0.2) is 47.5 Å². The highest BCUT2D eigenvalue weighted by molar-refractivity contribution is 7.99. The molecular formula is C14H15N3S. The van der Waals surface area contributed by atoms with Gasteiger partial charge in [0.05, 0.1) is 5.69 Å². The summed E-state index contributed by atoms with van der Waals surface area (Å²) in [5.74, 6) is 1.18. The maximum Gasteiger partial charge on any atom is 0.0769 e. The summed E-state index contributed by atoms with van der Waals surface area (Å²) in [6.07, 6.45) is 2.87. The summed E-state index contributed by atoms with van der Waals surface area (Å²) in [6, 6.07) is 13.0. The van der Waals surface area contributed by atoms with Gasteiger partial charge in [-0.2, -0.15) is 10.2 Å². The highest BCUT2D eigenvalue weighted by Gasteiger charge is 2.19. The second-order valence-electron chi connectivity index (χ2n) is 4.32.